The van der Waals surface area contributed by atoms with Crippen molar-refractivity contribution in [2.45, 2.75) is 25.9 Å². The fourth-order valence-corrected chi connectivity index (χ4v) is 3.98. The Kier molecular flexibility index (Phi) is 5.73. The predicted octanol–water partition coefficient (Wildman–Crippen LogP) is 2.43. The molecule has 1 aliphatic heterocycles. The van der Waals surface area contributed by atoms with Gasteiger partial charge < -0.3 is 19.7 Å². The van der Waals surface area contributed by atoms with E-state index < -0.39 is 0 Å². The third-order valence-electron chi connectivity index (χ3n) is 5.35. The first kappa shape index (κ1) is 18.7. The summed E-state index contributed by atoms with van der Waals surface area (Å²) >= 11 is 0. The summed E-state index contributed by atoms with van der Waals surface area (Å²) in [5.41, 5.74) is 2.05. The van der Waals surface area contributed by atoms with Crippen LogP contribution in [0.4, 0.5) is 5.82 Å². The summed E-state index contributed by atoms with van der Waals surface area (Å²) in [6, 6.07) is 10.5. The van der Waals surface area contributed by atoms with Gasteiger partial charge in [-0.25, -0.2) is 9.97 Å². The van der Waals surface area contributed by atoms with Gasteiger partial charge in [0.1, 0.15) is 23.5 Å². The summed E-state index contributed by atoms with van der Waals surface area (Å²) < 4.78 is 5.80. The molecule has 1 fully saturated rings. The number of aliphatic hydroxyl groups is 1. The van der Waals surface area contributed by atoms with Crippen LogP contribution >= 0.6 is 0 Å². The zero-order chi connectivity index (χ0) is 19.3. The molecular formula is C21H27N5O2. The molecule has 0 radical (unpaired) electrons. The molecule has 7 heteroatoms. The summed E-state index contributed by atoms with van der Waals surface area (Å²) in [6.07, 6.45) is 4.24. The van der Waals surface area contributed by atoms with Gasteiger partial charge in [0.2, 0.25) is 0 Å². The summed E-state index contributed by atoms with van der Waals surface area (Å²) in [5.74, 6) is 1.91. The third kappa shape index (κ3) is 3.81. The normalized spacial score (nSPS) is 17.9. The molecule has 1 atom stereocenters. The molecule has 0 spiro atoms. The van der Waals surface area contributed by atoms with Crippen molar-refractivity contribution in [2.75, 3.05) is 37.7 Å². The molecule has 3 heterocycles. The Hall–Kier alpha value is -2.64. The van der Waals surface area contributed by atoms with Crippen molar-refractivity contribution < 1.29 is 9.84 Å². The van der Waals surface area contributed by atoms with Gasteiger partial charge in [-0.15, -0.1) is 0 Å². The Labute approximate surface area is 165 Å². The SMILES string of the molecule is CCOc1ccccc1CN1CCN(c2ncnc3[nH]ccc23)C[C@H]1CCO. The molecule has 1 aliphatic rings. The van der Waals surface area contributed by atoms with E-state index in [2.05, 4.69) is 36.9 Å². The van der Waals surface area contributed by atoms with E-state index in [9.17, 15) is 5.11 Å². The molecule has 7 nitrogen and oxygen atoms in total. The van der Waals surface area contributed by atoms with Gasteiger partial charge in [0.25, 0.3) is 0 Å². The van der Waals surface area contributed by atoms with Crippen molar-refractivity contribution in [3.8, 4) is 5.75 Å². The third-order valence-corrected chi connectivity index (χ3v) is 5.35. The molecule has 0 bridgehead atoms. The number of ether oxygens (including phenoxy) is 1. The molecule has 1 saturated heterocycles. The largest absolute Gasteiger partial charge is 0.494 e. The van der Waals surface area contributed by atoms with Crippen LogP contribution in [0, 0.1) is 0 Å². The zero-order valence-electron chi connectivity index (χ0n) is 16.2. The Morgan fingerprint density at radius 3 is 2.96 bits per heavy atom. The number of hydrogen-bond donors (Lipinski definition) is 2. The molecule has 0 unspecified atom stereocenters. The number of para-hydroxylation sites is 1. The van der Waals surface area contributed by atoms with Gasteiger partial charge in [-0.3, -0.25) is 4.90 Å². The maximum atomic E-state index is 9.64. The lowest BCUT2D eigenvalue weighted by molar-refractivity contribution is 0.134. The number of H-pyrrole nitrogens is 1. The number of aliphatic hydroxyl groups excluding tert-OH is 1. The minimum Gasteiger partial charge on any atom is -0.494 e. The molecular weight excluding hydrogens is 354 g/mol. The molecule has 3 aromatic rings. The fraction of sp³-hybridized carbons (Fsp3) is 0.429. The van der Waals surface area contributed by atoms with Crippen LogP contribution in [0.2, 0.25) is 0 Å². The smallest absolute Gasteiger partial charge is 0.142 e. The van der Waals surface area contributed by atoms with Gasteiger partial charge in [-0.1, -0.05) is 18.2 Å². The van der Waals surface area contributed by atoms with Crippen LogP contribution in [0.3, 0.4) is 0 Å². The number of fused-ring (bicyclic) bond motifs is 1. The topological polar surface area (TPSA) is 77.5 Å². The molecule has 0 saturated carbocycles. The lowest BCUT2D eigenvalue weighted by Crippen LogP contribution is -2.53. The first-order chi connectivity index (χ1) is 13.8. The number of benzene rings is 1. The monoisotopic (exact) mass is 381 g/mol. The van der Waals surface area contributed by atoms with Crippen LogP contribution in [0.5, 0.6) is 5.75 Å². The van der Waals surface area contributed by atoms with Crippen molar-refractivity contribution in [3.05, 3.63) is 48.4 Å². The maximum absolute atomic E-state index is 9.64. The lowest BCUT2D eigenvalue weighted by atomic mass is 10.1. The van der Waals surface area contributed by atoms with Crippen LogP contribution in [0.25, 0.3) is 11.0 Å². The van der Waals surface area contributed by atoms with Gasteiger partial charge in [0, 0.05) is 50.6 Å². The molecule has 0 aliphatic carbocycles. The van der Waals surface area contributed by atoms with E-state index in [1.54, 1.807) is 6.33 Å². The van der Waals surface area contributed by atoms with Crippen LogP contribution in [-0.2, 0) is 6.54 Å². The van der Waals surface area contributed by atoms with E-state index in [1.165, 1.54) is 5.56 Å². The Balaban J connectivity index is 1.53. The molecule has 0 amide bonds. The van der Waals surface area contributed by atoms with Crippen molar-refractivity contribution in [3.63, 3.8) is 0 Å². The fourth-order valence-electron chi connectivity index (χ4n) is 3.98. The van der Waals surface area contributed by atoms with Gasteiger partial charge >= 0.3 is 0 Å². The molecule has 1 aromatic carbocycles. The van der Waals surface area contributed by atoms with E-state index in [0.717, 1.165) is 55.2 Å². The van der Waals surface area contributed by atoms with Crippen molar-refractivity contribution in [2.24, 2.45) is 0 Å². The second-order valence-electron chi connectivity index (χ2n) is 7.06. The second-order valence-corrected chi connectivity index (χ2v) is 7.06. The van der Waals surface area contributed by atoms with E-state index in [0.29, 0.717) is 6.61 Å². The maximum Gasteiger partial charge on any atom is 0.142 e. The summed E-state index contributed by atoms with van der Waals surface area (Å²) in [6.45, 7) is 6.27. The number of hydrogen-bond acceptors (Lipinski definition) is 6. The summed E-state index contributed by atoms with van der Waals surface area (Å²) in [4.78, 5) is 16.7. The molecule has 148 valence electrons. The average molecular weight is 381 g/mol. The number of aromatic nitrogens is 3. The highest BCUT2D eigenvalue weighted by molar-refractivity contribution is 5.87. The summed E-state index contributed by atoms with van der Waals surface area (Å²) in [7, 11) is 0. The standard InChI is InChI=1S/C21H27N5O2/c1-2-28-19-6-4-3-5-16(19)13-25-10-11-26(14-17(25)8-12-27)21-18-7-9-22-20(18)23-15-24-21/h3-7,9,15,17,27H,2,8,10-14H2,1H3,(H,22,23,24)/t17-/m1/s1. The quantitative estimate of drug-likeness (QED) is 0.655. The number of rotatable bonds is 7. The van der Waals surface area contributed by atoms with Crippen molar-refractivity contribution >= 4 is 16.9 Å². The van der Waals surface area contributed by atoms with E-state index in [1.807, 2.05) is 31.3 Å². The number of nitrogens with zero attached hydrogens (tertiary/aromatic N) is 4. The van der Waals surface area contributed by atoms with Crippen molar-refractivity contribution in [1.29, 1.82) is 0 Å². The van der Waals surface area contributed by atoms with E-state index in [-0.39, 0.29) is 12.6 Å². The van der Waals surface area contributed by atoms with Gasteiger partial charge in [-0.05, 0) is 25.5 Å². The Bertz CT molecular complexity index is 912. The minimum absolute atomic E-state index is 0.172. The molecule has 4 rings (SSSR count). The average Bonchev–Trinajstić information content (AvgIpc) is 3.20. The highest BCUT2D eigenvalue weighted by Gasteiger charge is 2.29. The van der Waals surface area contributed by atoms with Crippen LogP contribution in [0.15, 0.2) is 42.9 Å². The van der Waals surface area contributed by atoms with Crippen LogP contribution in [-0.4, -0.2) is 63.8 Å². The second kappa shape index (κ2) is 8.58. The predicted molar refractivity (Wildman–Crippen MR) is 110 cm³/mol. The van der Waals surface area contributed by atoms with Gasteiger partial charge in [-0.2, -0.15) is 0 Å². The van der Waals surface area contributed by atoms with E-state index >= 15 is 0 Å². The zero-order valence-corrected chi connectivity index (χ0v) is 16.2. The lowest BCUT2D eigenvalue weighted by Gasteiger charge is -2.42. The minimum atomic E-state index is 0.172. The van der Waals surface area contributed by atoms with Crippen LogP contribution in [0.1, 0.15) is 18.9 Å². The first-order valence-corrected chi connectivity index (χ1v) is 9.88. The number of piperazine rings is 1. The first-order valence-electron chi connectivity index (χ1n) is 9.88. The number of anilines is 1. The summed E-state index contributed by atoms with van der Waals surface area (Å²) in [5, 5.41) is 10.7. The van der Waals surface area contributed by atoms with Gasteiger partial charge in [0.15, 0.2) is 0 Å². The Morgan fingerprint density at radius 1 is 1.21 bits per heavy atom. The Morgan fingerprint density at radius 2 is 2.11 bits per heavy atom. The molecule has 2 aromatic heterocycles. The molecule has 28 heavy (non-hydrogen) atoms. The van der Waals surface area contributed by atoms with Gasteiger partial charge in [0.05, 0.1) is 12.0 Å². The highest BCUT2D eigenvalue weighted by Crippen LogP contribution is 2.27. The van der Waals surface area contributed by atoms with E-state index in [4.69, 9.17) is 4.74 Å². The number of aromatic amines is 1. The highest BCUT2D eigenvalue weighted by atomic mass is 16.5. The number of nitrogens with one attached hydrogen (secondary N) is 1. The van der Waals surface area contributed by atoms with Crippen molar-refractivity contribution in [1.82, 2.24) is 19.9 Å². The van der Waals surface area contributed by atoms with Crippen LogP contribution < -0.4 is 9.64 Å². The molecule has 2 N–H and O–H groups in total.